The largest absolute Gasteiger partial charge is 0.326 e. The van der Waals surface area contributed by atoms with Gasteiger partial charge in [0.25, 0.3) is 10.0 Å². The van der Waals surface area contributed by atoms with Crippen LogP contribution in [0, 0.1) is 17.8 Å². The lowest BCUT2D eigenvalue weighted by Gasteiger charge is -2.21. The summed E-state index contributed by atoms with van der Waals surface area (Å²) in [5.74, 6) is 2.49. The molecule has 7 heteroatoms. The smallest absolute Gasteiger partial charge is 0.262 e. The molecule has 4 rings (SSSR count). The number of carbonyl (C=O) groups excluding carboxylic acids is 1. The Morgan fingerprint density at radius 2 is 2.12 bits per heavy atom. The fourth-order valence-corrected chi connectivity index (χ4v) is 5.79. The number of hydrogen-bond acceptors (Lipinski definition) is 4. The summed E-state index contributed by atoms with van der Waals surface area (Å²) in [5, 5.41) is 2.87. The second kappa shape index (κ2) is 7.02. The molecule has 3 atom stereocenters. The van der Waals surface area contributed by atoms with Crippen LogP contribution >= 0.6 is 0 Å². The van der Waals surface area contributed by atoms with E-state index in [9.17, 15) is 13.2 Å². The number of fused-ring (bicyclic) bond motifs is 2. The highest BCUT2D eigenvalue weighted by molar-refractivity contribution is 7.90. The minimum atomic E-state index is -3.66. The maximum absolute atomic E-state index is 12.5. The van der Waals surface area contributed by atoms with Gasteiger partial charge in [0.2, 0.25) is 5.91 Å². The predicted octanol–water partition coefficient (Wildman–Crippen LogP) is 2.92. The number of nitrogens with one attached hydrogen (secondary N) is 2. The molecule has 2 N–H and O–H groups in total. The molecule has 1 aromatic carbocycles. The molecular weight excluding hydrogens is 350 g/mol. The molecular formula is C19H25N3O3S. The summed E-state index contributed by atoms with van der Waals surface area (Å²) >= 11 is 0. The van der Waals surface area contributed by atoms with E-state index in [4.69, 9.17) is 0 Å². The van der Waals surface area contributed by atoms with E-state index in [1.165, 1.54) is 37.8 Å². The quantitative estimate of drug-likeness (QED) is 0.829. The molecule has 2 fully saturated rings. The fraction of sp³-hybridized carbons (Fsp3) is 0.579. The molecule has 0 aromatic heterocycles. The van der Waals surface area contributed by atoms with Crippen molar-refractivity contribution in [2.45, 2.75) is 49.8 Å². The Morgan fingerprint density at radius 3 is 2.81 bits per heavy atom. The van der Waals surface area contributed by atoms with Gasteiger partial charge in [-0.15, -0.1) is 0 Å². The van der Waals surface area contributed by atoms with Gasteiger partial charge in [-0.05, 0) is 61.6 Å². The number of carbonyl (C=O) groups is 1. The SMILES string of the molecule is O=C(C[C@@H]1C[C@H]2CC[C@H]1C2)Nc1cccc(S(=O)(=O)NC2=NCCC2)c1. The topological polar surface area (TPSA) is 87.6 Å². The Labute approximate surface area is 154 Å². The van der Waals surface area contributed by atoms with Crippen LogP contribution in [0.25, 0.3) is 0 Å². The standard InChI is InChI=1S/C19H25N3O3S/c23-19(11-15-10-13-6-7-14(15)9-13)21-16-3-1-4-17(12-16)26(24,25)22-18-5-2-8-20-18/h1,3-4,12-15H,2,5-11H2,(H,20,22)(H,21,23)/t13-,14-,15-/m0/s1. The Kier molecular flexibility index (Phi) is 4.73. The molecule has 1 aromatic rings. The molecule has 140 valence electrons. The molecule has 2 bridgehead atoms. The van der Waals surface area contributed by atoms with E-state index in [2.05, 4.69) is 15.0 Å². The van der Waals surface area contributed by atoms with Crippen molar-refractivity contribution < 1.29 is 13.2 Å². The maximum atomic E-state index is 12.5. The van der Waals surface area contributed by atoms with Crippen LogP contribution < -0.4 is 10.0 Å². The normalized spacial score (nSPS) is 27.4. The van der Waals surface area contributed by atoms with Gasteiger partial charge in [-0.2, -0.15) is 0 Å². The van der Waals surface area contributed by atoms with Gasteiger partial charge in [0.1, 0.15) is 5.84 Å². The van der Waals surface area contributed by atoms with Crippen LogP contribution in [0.1, 0.15) is 44.9 Å². The number of rotatable bonds is 5. The molecule has 6 nitrogen and oxygen atoms in total. The number of aliphatic imine (C=N–C) groups is 1. The third-order valence-electron chi connectivity index (χ3n) is 5.89. The number of amides is 1. The van der Waals surface area contributed by atoms with E-state index in [0.717, 1.165) is 12.3 Å². The molecule has 1 heterocycles. The predicted molar refractivity (Wildman–Crippen MR) is 100 cm³/mol. The van der Waals surface area contributed by atoms with Crippen LogP contribution in [0.2, 0.25) is 0 Å². The maximum Gasteiger partial charge on any atom is 0.262 e. The van der Waals surface area contributed by atoms with Gasteiger partial charge >= 0.3 is 0 Å². The van der Waals surface area contributed by atoms with Gasteiger partial charge in [-0.1, -0.05) is 12.5 Å². The second-order valence-electron chi connectivity index (χ2n) is 7.75. The number of hydrogen-bond donors (Lipinski definition) is 2. The Hall–Kier alpha value is -1.89. The van der Waals surface area contributed by atoms with Crippen molar-refractivity contribution in [2.24, 2.45) is 22.7 Å². The molecule has 2 saturated carbocycles. The van der Waals surface area contributed by atoms with Crippen molar-refractivity contribution in [1.82, 2.24) is 4.72 Å². The summed E-state index contributed by atoms with van der Waals surface area (Å²) in [6.45, 7) is 0.664. The first-order chi connectivity index (χ1) is 12.5. The first-order valence-electron chi connectivity index (χ1n) is 9.46. The van der Waals surface area contributed by atoms with Gasteiger partial charge in [-0.25, -0.2) is 8.42 Å². The summed E-state index contributed by atoms with van der Waals surface area (Å²) in [4.78, 5) is 16.7. The molecule has 0 unspecified atom stereocenters. The molecule has 0 saturated heterocycles. The lowest BCUT2D eigenvalue weighted by atomic mass is 9.86. The molecule has 26 heavy (non-hydrogen) atoms. The zero-order chi connectivity index (χ0) is 18.1. The van der Waals surface area contributed by atoms with E-state index in [1.54, 1.807) is 12.1 Å². The molecule has 1 aliphatic heterocycles. The number of anilines is 1. The number of benzene rings is 1. The fourth-order valence-electron chi connectivity index (χ4n) is 4.65. The third-order valence-corrected chi connectivity index (χ3v) is 7.27. The van der Waals surface area contributed by atoms with Gasteiger partial charge in [-0.3, -0.25) is 14.5 Å². The van der Waals surface area contributed by atoms with Gasteiger partial charge in [0.05, 0.1) is 4.90 Å². The zero-order valence-electron chi connectivity index (χ0n) is 14.8. The Balaban J connectivity index is 1.39. The van der Waals surface area contributed by atoms with Crippen LogP contribution in [0.3, 0.4) is 0 Å². The van der Waals surface area contributed by atoms with Crippen molar-refractivity contribution in [3.05, 3.63) is 24.3 Å². The van der Waals surface area contributed by atoms with Crippen molar-refractivity contribution in [2.75, 3.05) is 11.9 Å². The van der Waals surface area contributed by atoms with Crippen molar-refractivity contribution >= 4 is 27.5 Å². The zero-order valence-corrected chi connectivity index (χ0v) is 15.6. The van der Waals surface area contributed by atoms with Crippen LogP contribution in [-0.4, -0.2) is 26.7 Å². The first-order valence-corrected chi connectivity index (χ1v) is 10.9. The molecule has 0 radical (unpaired) electrons. The minimum absolute atomic E-state index is 0.0229. The van der Waals surface area contributed by atoms with Crippen molar-refractivity contribution in [3.8, 4) is 0 Å². The Morgan fingerprint density at radius 1 is 1.23 bits per heavy atom. The van der Waals surface area contributed by atoms with E-state index in [-0.39, 0.29) is 10.8 Å². The lowest BCUT2D eigenvalue weighted by Crippen LogP contribution is -2.29. The summed E-state index contributed by atoms with van der Waals surface area (Å²) in [7, 11) is -3.66. The summed E-state index contributed by atoms with van der Waals surface area (Å²) in [5.41, 5.74) is 0.523. The highest BCUT2D eigenvalue weighted by Crippen LogP contribution is 2.49. The van der Waals surface area contributed by atoms with E-state index < -0.39 is 10.0 Å². The lowest BCUT2D eigenvalue weighted by molar-refractivity contribution is -0.117. The minimum Gasteiger partial charge on any atom is -0.326 e. The number of sulfonamides is 1. The van der Waals surface area contributed by atoms with Gasteiger partial charge in [0.15, 0.2) is 0 Å². The molecule has 3 aliphatic rings. The first kappa shape index (κ1) is 17.5. The second-order valence-corrected chi connectivity index (χ2v) is 9.43. The van der Waals surface area contributed by atoms with E-state index in [1.807, 2.05) is 0 Å². The summed E-state index contributed by atoms with van der Waals surface area (Å²) in [6.07, 6.45) is 7.08. The van der Waals surface area contributed by atoms with Crippen molar-refractivity contribution in [3.63, 3.8) is 0 Å². The van der Waals surface area contributed by atoms with Crippen LogP contribution in [0.4, 0.5) is 5.69 Å². The van der Waals surface area contributed by atoms with Crippen LogP contribution in [0.15, 0.2) is 34.2 Å². The van der Waals surface area contributed by atoms with Crippen LogP contribution in [-0.2, 0) is 14.8 Å². The Bertz CT molecular complexity index is 834. The molecule has 1 amide bonds. The van der Waals surface area contributed by atoms with E-state index >= 15 is 0 Å². The average Bonchev–Trinajstić information content (AvgIpc) is 3.33. The van der Waals surface area contributed by atoms with Crippen molar-refractivity contribution in [1.29, 1.82) is 0 Å². The van der Waals surface area contributed by atoms with E-state index in [0.29, 0.717) is 42.7 Å². The van der Waals surface area contributed by atoms with Gasteiger partial charge in [0, 0.05) is 25.1 Å². The highest BCUT2D eigenvalue weighted by Gasteiger charge is 2.40. The number of amidine groups is 1. The number of nitrogens with zero attached hydrogens (tertiary/aromatic N) is 1. The monoisotopic (exact) mass is 375 g/mol. The summed E-state index contributed by atoms with van der Waals surface area (Å²) in [6, 6.07) is 6.42. The van der Waals surface area contributed by atoms with Gasteiger partial charge < -0.3 is 5.32 Å². The highest BCUT2D eigenvalue weighted by atomic mass is 32.2. The summed E-state index contributed by atoms with van der Waals surface area (Å²) < 4.78 is 27.5. The average molecular weight is 375 g/mol. The third kappa shape index (κ3) is 3.77. The molecule has 2 aliphatic carbocycles. The van der Waals surface area contributed by atoms with Crippen LogP contribution in [0.5, 0.6) is 0 Å². The molecule has 0 spiro atoms.